The number of nitrogens with one attached hydrogen (secondary N) is 1. The van der Waals surface area contributed by atoms with Gasteiger partial charge in [-0.05, 0) is 50.8 Å². The Bertz CT molecular complexity index is 1070. The third-order valence-electron chi connectivity index (χ3n) is 6.48. The summed E-state index contributed by atoms with van der Waals surface area (Å²) in [6.07, 6.45) is 5.28. The van der Waals surface area contributed by atoms with Crippen molar-refractivity contribution in [1.29, 1.82) is 0 Å². The Morgan fingerprint density at radius 3 is 2.79 bits per heavy atom. The fourth-order valence-electron chi connectivity index (χ4n) is 4.50. The standard InChI is InChI=1S/C23H34N4O5S/c1-17(5-6-18-4-3-13-32-18)24-23(28)10-9-22-25-20-16-19(7-8-21(20)26(22)2)33(29,30)27-11-14-31-15-12-27/h7-8,16-18H,3-6,9-15H2,1-2H3,(H,24,28). The summed E-state index contributed by atoms with van der Waals surface area (Å²) in [5.74, 6) is 0.755. The van der Waals surface area contributed by atoms with Gasteiger partial charge in [0.05, 0.1) is 35.2 Å². The van der Waals surface area contributed by atoms with Crippen LogP contribution in [0.25, 0.3) is 11.0 Å². The average Bonchev–Trinajstić information content (AvgIpc) is 3.44. The molecular weight excluding hydrogens is 444 g/mol. The van der Waals surface area contributed by atoms with Crippen LogP contribution in [-0.2, 0) is 37.8 Å². The molecular formula is C23H34N4O5S. The molecule has 0 bridgehead atoms. The van der Waals surface area contributed by atoms with Crippen LogP contribution in [0.2, 0.25) is 0 Å². The highest BCUT2D eigenvalue weighted by atomic mass is 32.2. The number of ether oxygens (including phenoxy) is 2. The lowest BCUT2D eigenvalue weighted by Gasteiger charge is -2.26. The number of aryl methyl sites for hydroxylation is 2. The third kappa shape index (κ3) is 5.74. The number of carbonyl (C=O) groups excluding carboxylic acids is 1. The normalized spacial score (nSPS) is 20.8. The zero-order chi connectivity index (χ0) is 23.4. The van der Waals surface area contributed by atoms with Crippen molar-refractivity contribution in [3.05, 3.63) is 24.0 Å². The van der Waals surface area contributed by atoms with Crippen molar-refractivity contribution >= 4 is 27.0 Å². The molecule has 1 N–H and O–H groups in total. The number of hydrogen-bond donors (Lipinski definition) is 1. The molecule has 0 spiro atoms. The molecule has 1 aromatic carbocycles. The molecule has 2 atom stereocenters. The van der Waals surface area contributed by atoms with Crippen LogP contribution in [-0.4, -0.2) is 73.2 Å². The fraction of sp³-hybridized carbons (Fsp3) is 0.652. The Hall–Kier alpha value is -2.01. The summed E-state index contributed by atoms with van der Waals surface area (Å²) in [7, 11) is -1.69. The Labute approximate surface area is 195 Å². The molecule has 3 heterocycles. The number of fused-ring (bicyclic) bond motifs is 1. The molecule has 182 valence electrons. The lowest BCUT2D eigenvalue weighted by molar-refractivity contribution is -0.121. The molecule has 0 saturated carbocycles. The van der Waals surface area contributed by atoms with E-state index in [-0.39, 0.29) is 16.8 Å². The molecule has 4 rings (SSSR count). The number of rotatable bonds is 9. The number of aromatic nitrogens is 2. The van der Waals surface area contributed by atoms with Gasteiger partial charge in [-0.3, -0.25) is 4.79 Å². The summed E-state index contributed by atoms with van der Waals surface area (Å²) in [4.78, 5) is 17.3. The van der Waals surface area contributed by atoms with Gasteiger partial charge in [-0.2, -0.15) is 4.31 Å². The maximum absolute atomic E-state index is 13.0. The summed E-state index contributed by atoms with van der Waals surface area (Å²) < 4.78 is 40.2. The van der Waals surface area contributed by atoms with Crippen LogP contribution in [0, 0.1) is 0 Å². The van der Waals surface area contributed by atoms with Crippen LogP contribution < -0.4 is 5.32 Å². The summed E-state index contributed by atoms with van der Waals surface area (Å²) >= 11 is 0. The second-order valence-electron chi connectivity index (χ2n) is 8.93. The van der Waals surface area contributed by atoms with Gasteiger partial charge in [-0.1, -0.05) is 0 Å². The number of sulfonamides is 1. The van der Waals surface area contributed by atoms with Crippen LogP contribution >= 0.6 is 0 Å². The van der Waals surface area contributed by atoms with Crippen LogP contribution in [0.1, 0.15) is 44.9 Å². The molecule has 0 radical (unpaired) electrons. The van der Waals surface area contributed by atoms with Crippen molar-refractivity contribution in [2.24, 2.45) is 7.05 Å². The van der Waals surface area contributed by atoms with Gasteiger partial charge in [-0.15, -0.1) is 0 Å². The molecule has 9 nitrogen and oxygen atoms in total. The molecule has 2 aromatic rings. The van der Waals surface area contributed by atoms with Crippen molar-refractivity contribution in [2.45, 2.75) is 62.5 Å². The highest BCUT2D eigenvalue weighted by Gasteiger charge is 2.27. The molecule has 10 heteroatoms. The maximum atomic E-state index is 13.0. The Balaban J connectivity index is 1.36. The monoisotopic (exact) mass is 478 g/mol. The average molecular weight is 479 g/mol. The Morgan fingerprint density at radius 2 is 2.06 bits per heavy atom. The molecule has 1 aromatic heterocycles. The highest BCUT2D eigenvalue weighted by molar-refractivity contribution is 7.89. The number of hydrogen-bond acceptors (Lipinski definition) is 6. The van der Waals surface area contributed by atoms with Gasteiger partial charge in [0.1, 0.15) is 5.82 Å². The van der Waals surface area contributed by atoms with Crippen molar-refractivity contribution in [1.82, 2.24) is 19.2 Å². The minimum absolute atomic E-state index is 0.00233. The number of imidazole rings is 1. The molecule has 33 heavy (non-hydrogen) atoms. The molecule has 2 aliphatic heterocycles. The number of morpholine rings is 1. The van der Waals surface area contributed by atoms with E-state index < -0.39 is 10.0 Å². The highest BCUT2D eigenvalue weighted by Crippen LogP contribution is 2.23. The van der Waals surface area contributed by atoms with Gasteiger partial charge in [-0.25, -0.2) is 13.4 Å². The molecule has 2 fully saturated rings. The molecule has 2 unspecified atom stereocenters. The van der Waals surface area contributed by atoms with E-state index in [1.54, 1.807) is 18.2 Å². The minimum Gasteiger partial charge on any atom is -0.379 e. The largest absolute Gasteiger partial charge is 0.379 e. The van der Waals surface area contributed by atoms with E-state index in [4.69, 9.17) is 9.47 Å². The van der Waals surface area contributed by atoms with E-state index in [2.05, 4.69) is 10.3 Å². The summed E-state index contributed by atoms with van der Waals surface area (Å²) in [5.41, 5.74) is 1.46. The molecule has 0 aliphatic carbocycles. The zero-order valence-electron chi connectivity index (χ0n) is 19.5. The predicted octanol–water partition coefficient (Wildman–Crippen LogP) is 1.99. The maximum Gasteiger partial charge on any atom is 0.243 e. The zero-order valence-corrected chi connectivity index (χ0v) is 20.3. The van der Waals surface area contributed by atoms with E-state index in [0.717, 1.165) is 43.6 Å². The number of amides is 1. The Kier molecular flexibility index (Phi) is 7.68. The van der Waals surface area contributed by atoms with E-state index in [0.29, 0.717) is 50.8 Å². The van der Waals surface area contributed by atoms with Crippen LogP contribution in [0.3, 0.4) is 0 Å². The van der Waals surface area contributed by atoms with Gasteiger partial charge in [0, 0.05) is 45.6 Å². The van der Waals surface area contributed by atoms with Crippen molar-refractivity contribution < 1.29 is 22.7 Å². The first-order valence-corrected chi connectivity index (χ1v) is 13.2. The first-order chi connectivity index (χ1) is 15.8. The van der Waals surface area contributed by atoms with Crippen LogP contribution in [0.5, 0.6) is 0 Å². The quantitative estimate of drug-likeness (QED) is 0.591. The SMILES string of the molecule is CC(CCC1CCCO1)NC(=O)CCc1nc2cc(S(=O)(=O)N3CCOCC3)ccc2n1C. The molecule has 2 saturated heterocycles. The van der Waals surface area contributed by atoms with Crippen LogP contribution in [0.15, 0.2) is 23.1 Å². The number of benzene rings is 1. The minimum atomic E-state index is -3.58. The lowest BCUT2D eigenvalue weighted by atomic mass is 10.1. The van der Waals surface area contributed by atoms with Crippen molar-refractivity contribution in [2.75, 3.05) is 32.9 Å². The molecule has 2 aliphatic rings. The van der Waals surface area contributed by atoms with E-state index >= 15 is 0 Å². The topological polar surface area (TPSA) is 103 Å². The molecule has 1 amide bonds. The van der Waals surface area contributed by atoms with Gasteiger partial charge in [0.25, 0.3) is 0 Å². The first-order valence-electron chi connectivity index (χ1n) is 11.8. The van der Waals surface area contributed by atoms with Gasteiger partial charge < -0.3 is 19.4 Å². The van der Waals surface area contributed by atoms with E-state index in [1.807, 2.05) is 18.5 Å². The van der Waals surface area contributed by atoms with Gasteiger partial charge in [0.15, 0.2) is 0 Å². The second kappa shape index (κ2) is 10.5. The summed E-state index contributed by atoms with van der Waals surface area (Å²) in [6, 6.07) is 5.14. The van der Waals surface area contributed by atoms with Crippen molar-refractivity contribution in [3.63, 3.8) is 0 Å². The Morgan fingerprint density at radius 1 is 1.27 bits per heavy atom. The second-order valence-corrected chi connectivity index (χ2v) is 10.9. The van der Waals surface area contributed by atoms with E-state index in [1.165, 1.54) is 4.31 Å². The predicted molar refractivity (Wildman–Crippen MR) is 124 cm³/mol. The van der Waals surface area contributed by atoms with Crippen molar-refractivity contribution in [3.8, 4) is 0 Å². The smallest absolute Gasteiger partial charge is 0.243 e. The van der Waals surface area contributed by atoms with Crippen LogP contribution in [0.4, 0.5) is 0 Å². The fourth-order valence-corrected chi connectivity index (χ4v) is 5.93. The third-order valence-corrected chi connectivity index (χ3v) is 8.38. The lowest BCUT2D eigenvalue weighted by Crippen LogP contribution is -2.40. The van der Waals surface area contributed by atoms with Gasteiger partial charge in [0.2, 0.25) is 15.9 Å². The number of carbonyl (C=O) groups is 1. The first kappa shape index (κ1) is 24.1. The summed E-state index contributed by atoms with van der Waals surface area (Å²) in [5, 5.41) is 3.07. The number of nitrogens with zero attached hydrogens (tertiary/aromatic N) is 3. The van der Waals surface area contributed by atoms with E-state index in [9.17, 15) is 13.2 Å². The summed E-state index contributed by atoms with van der Waals surface area (Å²) in [6.45, 7) is 4.40. The van der Waals surface area contributed by atoms with Gasteiger partial charge >= 0.3 is 0 Å².